The van der Waals surface area contributed by atoms with Crippen molar-refractivity contribution in [1.29, 1.82) is 0 Å². The maximum atomic E-state index is 11.3. The molecule has 108 valence electrons. The number of nitro benzene ring substituents is 1. The van der Waals surface area contributed by atoms with Gasteiger partial charge in [-0.1, -0.05) is 0 Å². The average molecular weight is 294 g/mol. The van der Waals surface area contributed by atoms with Crippen LogP contribution < -0.4 is 10.2 Å². The largest absolute Gasteiger partial charge is 0.369 e. The molecule has 0 radical (unpaired) electrons. The van der Waals surface area contributed by atoms with Gasteiger partial charge >= 0.3 is 0 Å². The summed E-state index contributed by atoms with van der Waals surface area (Å²) in [6, 6.07) is 3.44. The van der Waals surface area contributed by atoms with E-state index in [0.29, 0.717) is 5.69 Å². The van der Waals surface area contributed by atoms with Crippen molar-refractivity contribution in [2.75, 3.05) is 32.1 Å². The number of nitrogens with zero attached hydrogens (tertiary/aromatic N) is 3. The van der Waals surface area contributed by atoms with Gasteiger partial charge < -0.3 is 10.2 Å². The van der Waals surface area contributed by atoms with Crippen LogP contribution in [0.15, 0.2) is 12.1 Å². The summed E-state index contributed by atoms with van der Waals surface area (Å²) in [6.07, 6.45) is 0.929. The van der Waals surface area contributed by atoms with Crippen molar-refractivity contribution in [3.05, 3.63) is 27.3 Å². The first-order chi connectivity index (χ1) is 9.52. The SMILES string of the molecule is CNCCCN(C)c1cc2nc(C)sc2cc1[N+](=O)[O-]. The molecule has 0 saturated heterocycles. The lowest BCUT2D eigenvalue weighted by Crippen LogP contribution is -2.23. The second-order valence-corrected chi connectivity index (χ2v) is 5.91. The van der Waals surface area contributed by atoms with Crippen molar-refractivity contribution < 1.29 is 4.92 Å². The van der Waals surface area contributed by atoms with Crippen molar-refractivity contribution in [1.82, 2.24) is 10.3 Å². The molecule has 0 aliphatic carbocycles. The van der Waals surface area contributed by atoms with Crippen LogP contribution >= 0.6 is 11.3 Å². The molecule has 0 atom stereocenters. The second-order valence-electron chi connectivity index (χ2n) is 4.68. The van der Waals surface area contributed by atoms with Gasteiger partial charge in [0.15, 0.2) is 0 Å². The van der Waals surface area contributed by atoms with Gasteiger partial charge in [-0.15, -0.1) is 11.3 Å². The monoisotopic (exact) mass is 294 g/mol. The fraction of sp³-hybridized carbons (Fsp3) is 0.462. The Morgan fingerprint density at radius 1 is 1.50 bits per heavy atom. The second kappa shape index (κ2) is 6.15. The number of hydrogen-bond acceptors (Lipinski definition) is 6. The maximum absolute atomic E-state index is 11.3. The lowest BCUT2D eigenvalue weighted by atomic mass is 10.2. The molecular weight excluding hydrogens is 276 g/mol. The summed E-state index contributed by atoms with van der Waals surface area (Å²) in [7, 11) is 3.77. The number of rotatable bonds is 6. The van der Waals surface area contributed by atoms with E-state index < -0.39 is 0 Å². The first kappa shape index (κ1) is 14.7. The molecule has 2 rings (SSSR count). The van der Waals surface area contributed by atoms with Gasteiger partial charge in [0, 0.05) is 19.7 Å². The molecule has 1 heterocycles. The molecule has 0 bridgehead atoms. The van der Waals surface area contributed by atoms with E-state index >= 15 is 0 Å². The Bertz CT molecular complexity index is 626. The van der Waals surface area contributed by atoms with Crippen molar-refractivity contribution >= 4 is 32.9 Å². The number of aromatic nitrogens is 1. The van der Waals surface area contributed by atoms with Gasteiger partial charge in [-0.25, -0.2) is 4.98 Å². The lowest BCUT2D eigenvalue weighted by molar-refractivity contribution is -0.384. The van der Waals surface area contributed by atoms with Gasteiger partial charge in [0.2, 0.25) is 0 Å². The summed E-state index contributed by atoms with van der Waals surface area (Å²) in [5.74, 6) is 0. The fourth-order valence-electron chi connectivity index (χ4n) is 2.13. The zero-order chi connectivity index (χ0) is 14.7. The Hall–Kier alpha value is -1.73. The average Bonchev–Trinajstić information content (AvgIpc) is 2.76. The minimum atomic E-state index is -0.321. The number of fused-ring (bicyclic) bond motifs is 1. The standard InChI is InChI=1S/C13H18N4O2S/c1-9-15-10-7-11(16(3)6-4-5-14-2)12(17(18)19)8-13(10)20-9/h7-8,14H,4-6H2,1-3H3. The molecule has 1 aromatic carbocycles. The highest BCUT2D eigenvalue weighted by Crippen LogP contribution is 2.34. The molecule has 0 amide bonds. The molecule has 0 spiro atoms. The predicted octanol–water partition coefficient (Wildman–Crippen LogP) is 2.56. The van der Waals surface area contributed by atoms with Gasteiger partial charge in [0.1, 0.15) is 5.69 Å². The summed E-state index contributed by atoms with van der Waals surface area (Å²) in [6.45, 7) is 3.55. The third-order valence-electron chi connectivity index (χ3n) is 3.12. The number of aryl methyl sites for hydroxylation is 1. The smallest absolute Gasteiger partial charge is 0.294 e. The summed E-state index contributed by atoms with van der Waals surface area (Å²) < 4.78 is 0.863. The van der Waals surface area contributed by atoms with Gasteiger partial charge in [0.25, 0.3) is 5.69 Å². The molecule has 0 unspecified atom stereocenters. The molecule has 20 heavy (non-hydrogen) atoms. The summed E-state index contributed by atoms with van der Waals surface area (Å²) in [5.41, 5.74) is 1.60. The zero-order valence-electron chi connectivity index (χ0n) is 11.8. The zero-order valence-corrected chi connectivity index (χ0v) is 12.7. The topological polar surface area (TPSA) is 71.3 Å². The van der Waals surface area contributed by atoms with Crippen molar-refractivity contribution in [2.45, 2.75) is 13.3 Å². The molecule has 2 aromatic rings. The normalized spacial score (nSPS) is 10.9. The fourth-order valence-corrected chi connectivity index (χ4v) is 2.97. The van der Waals surface area contributed by atoms with Crippen LogP contribution in [0.2, 0.25) is 0 Å². The first-order valence-corrected chi connectivity index (χ1v) is 7.26. The molecule has 0 aliphatic heterocycles. The van der Waals surface area contributed by atoms with Crippen LogP contribution in [-0.4, -0.2) is 37.1 Å². The Balaban J connectivity index is 2.38. The third-order valence-corrected chi connectivity index (χ3v) is 4.05. The van der Waals surface area contributed by atoms with E-state index in [1.54, 1.807) is 6.07 Å². The van der Waals surface area contributed by atoms with E-state index in [1.807, 2.05) is 32.0 Å². The Morgan fingerprint density at radius 2 is 2.25 bits per heavy atom. The minimum Gasteiger partial charge on any atom is -0.369 e. The summed E-state index contributed by atoms with van der Waals surface area (Å²) in [4.78, 5) is 17.3. The molecule has 6 nitrogen and oxygen atoms in total. The predicted molar refractivity (Wildman–Crippen MR) is 82.8 cm³/mol. The molecule has 1 N–H and O–H groups in total. The summed E-state index contributed by atoms with van der Waals surface area (Å²) >= 11 is 1.48. The third kappa shape index (κ3) is 3.05. The summed E-state index contributed by atoms with van der Waals surface area (Å²) in [5, 5.41) is 15.3. The first-order valence-electron chi connectivity index (χ1n) is 6.44. The van der Waals surface area contributed by atoms with Crippen LogP contribution in [0.4, 0.5) is 11.4 Å². The van der Waals surface area contributed by atoms with Crippen molar-refractivity contribution in [3.8, 4) is 0 Å². The lowest BCUT2D eigenvalue weighted by Gasteiger charge is -2.19. The minimum absolute atomic E-state index is 0.146. The highest BCUT2D eigenvalue weighted by molar-refractivity contribution is 7.18. The van der Waals surface area contributed by atoms with Gasteiger partial charge in [-0.3, -0.25) is 10.1 Å². The van der Waals surface area contributed by atoms with Crippen LogP contribution in [0.3, 0.4) is 0 Å². The Kier molecular flexibility index (Phi) is 4.51. The van der Waals surface area contributed by atoms with Crippen molar-refractivity contribution in [3.63, 3.8) is 0 Å². The number of benzene rings is 1. The highest BCUT2D eigenvalue weighted by atomic mass is 32.1. The number of anilines is 1. The van der Waals surface area contributed by atoms with Crippen LogP contribution in [0, 0.1) is 17.0 Å². The molecule has 7 heteroatoms. The maximum Gasteiger partial charge on any atom is 0.294 e. The van der Waals surface area contributed by atoms with E-state index in [4.69, 9.17) is 0 Å². The molecule has 1 aromatic heterocycles. The van der Waals surface area contributed by atoms with E-state index in [1.165, 1.54) is 11.3 Å². The van der Waals surface area contributed by atoms with Crippen LogP contribution in [0.25, 0.3) is 10.2 Å². The number of thiazole rings is 1. The Labute approximate surface area is 121 Å². The van der Waals surface area contributed by atoms with Crippen LogP contribution in [-0.2, 0) is 0 Å². The van der Waals surface area contributed by atoms with E-state index in [-0.39, 0.29) is 10.6 Å². The van der Waals surface area contributed by atoms with Gasteiger partial charge in [-0.2, -0.15) is 0 Å². The molecule has 0 fully saturated rings. The van der Waals surface area contributed by atoms with E-state index in [0.717, 1.165) is 34.7 Å². The van der Waals surface area contributed by atoms with E-state index in [9.17, 15) is 10.1 Å². The molecule has 0 aliphatic rings. The van der Waals surface area contributed by atoms with E-state index in [2.05, 4.69) is 10.3 Å². The quantitative estimate of drug-likeness (QED) is 0.503. The highest BCUT2D eigenvalue weighted by Gasteiger charge is 2.19. The molecule has 0 saturated carbocycles. The Morgan fingerprint density at radius 3 is 2.90 bits per heavy atom. The number of nitro groups is 1. The van der Waals surface area contributed by atoms with Gasteiger partial charge in [0.05, 0.1) is 20.1 Å². The van der Waals surface area contributed by atoms with Crippen molar-refractivity contribution in [2.24, 2.45) is 0 Å². The van der Waals surface area contributed by atoms with Crippen LogP contribution in [0.1, 0.15) is 11.4 Å². The van der Waals surface area contributed by atoms with Gasteiger partial charge in [-0.05, 0) is 33.0 Å². The number of nitrogens with one attached hydrogen (secondary N) is 1. The van der Waals surface area contributed by atoms with Crippen LogP contribution in [0.5, 0.6) is 0 Å². The molecular formula is C13H18N4O2S. The number of hydrogen-bond donors (Lipinski definition) is 1.